The molecular weight excluding hydrogens is 200 g/mol. The number of ketones is 1. The maximum Gasteiger partial charge on any atom is 0.162 e. The van der Waals surface area contributed by atoms with Crippen LogP contribution in [0.1, 0.15) is 45.4 Å². The Hall–Kier alpha value is -1.05. The quantitative estimate of drug-likeness (QED) is 0.681. The van der Waals surface area contributed by atoms with E-state index in [0.717, 1.165) is 43.4 Å². The molecule has 1 aliphatic carbocycles. The highest BCUT2D eigenvalue weighted by molar-refractivity contribution is 5.97. The summed E-state index contributed by atoms with van der Waals surface area (Å²) < 4.78 is 5.92. The Morgan fingerprint density at radius 2 is 2.31 bits per heavy atom. The van der Waals surface area contributed by atoms with E-state index in [-0.39, 0.29) is 6.10 Å². The van der Waals surface area contributed by atoms with Crippen molar-refractivity contribution >= 4 is 5.78 Å². The molecule has 2 aliphatic rings. The first-order valence-corrected chi connectivity index (χ1v) is 6.30. The average molecular weight is 220 g/mol. The second-order valence-electron chi connectivity index (χ2n) is 4.72. The van der Waals surface area contributed by atoms with E-state index in [1.165, 1.54) is 0 Å². The highest BCUT2D eigenvalue weighted by atomic mass is 16.5. The summed E-state index contributed by atoms with van der Waals surface area (Å²) in [4.78, 5) is 11.9. The van der Waals surface area contributed by atoms with E-state index in [0.29, 0.717) is 18.1 Å². The average Bonchev–Trinajstić information content (AvgIpc) is 2.28. The summed E-state index contributed by atoms with van der Waals surface area (Å²) in [6, 6.07) is 0. The van der Waals surface area contributed by atoms with Crippen LogP contribution >= 0.6 is 0 Å². The Labute approximate surface area is 97.4 Å². The Morgan fingerprint density at radius 3 is 3.00 bits per heavy atom. The number of rotatable bonds is 3. The fourth-order valence-electron chi connectivity index (χ4n) is 2.80. The lowest BCUT2D eigenvalue weighted by atomic mass is 9.80. The minimum absolute atomic E-state index is 0.243. The van der Waals surface area contributed by atoms with Crippen molar-refractivity contribution in [2.75, 3.05) is 0 Å². The molecule has 2 unspecified atom stereocenters. The van der Waals surface area contributed by atoms with Gasteiger partial charge in [0.25, 0.3) is 0 Å². The lowest BCUT2D eigenvalue weighted by Gasteiger charge is -2.35. The smallest absolute Gasteiger partial charge is 0.162 e. The maximum atomic E-state index is 11.9. The van der Waals surface area contributed by atoms with Crippen LogP contribution in [-0.4, -0.2) is 11.9 Å². The molecule has 1 heterocycles. The Kier molecular flexibility index (Phi) is 3.47. The van der Waals surface area contributed by atoms with Crippen molar-refractivity contribution in [2.24, 2.45) is 5.92 Å². The third kappa shape index (κ3) is 2.06. The van der Waals surface area contributed by atoms with E-state index in [2.05, 4.69) is 13.5 Å². The van der Waals surface area contributed by atoms with E-state index < -0.39 is 0 Å². The third-order valence-corrected chi connectivity index (χ3v) is 3.60. The number of hydrogen-bond donors (Lipinski definition) is 0. The number of carbonyl (C=O) groups excluding carboxylic acids is 1. The number of hydrogen-bond acceptors (Lipinski definition) is 2. The molecule has 2 nitrogen and oxygen atoms in total. The molecule has 0 radical (unpaired) electrons. The normalized spacial score (nSPS) is 29.7. The van der Waals surface area contributed by atoms with Gasteiger partial charge in [-0.3, -0.25) is 4.79 Å². The zero-order valence-electron chi connectivity index (χ0n) is 10.00. The van der Waals surface area contributed by atoms with Gasteiger partial charge in [0.2, 0.25) is 0 Å². The summed E-state index contributed by atoms with van der Waals surface area (Å²) in [5.41, 5.74) is 1.01. The van der Waals surface area contributed by atoms with Crippen LogP contribution in [0.25, 0.3) is 0 Å². The molecule has 1 aliphatic heterocycles. The highest BCUT2D eigenvalue weighted by Crippen LogP contribution is 2.38. The standard InChI is InChI=1S/C14H20O2/c1-3-6-11-9-10(4-2)14-12(15)7-5-8-13(14)16-11/h3,10-11H,1,4-9H2,2H3. The van der Waals surface area contributed by atoms with Crippen LogP contribution in [0.4, 0.5) is 0 Å². The van der Waals surface area contributed by atoms with Gasteiger partial charge in [-0.25, -0.2) is 0 Å². The van der Waals surface area contributed by atoms with Gasteiger partial charge < -0.3 is 4.74 Å². The maximum absolute atomic E-state index is 11.9. The summed E-state index contributed by atoms with van der Waals surface area (Å²) in [5, 5.41) is 0. The molecule has 2 atom stereocenters. The molecule has 0 aromatic rings. The molecule has 0 saturated heterocycles. The van der Waals surface area contributed by atoms with Crippen molar-refractivity contribution in [3.8, 4) is 0 Å². The second-order valence-corrected chi connectivity index (χ2v) is 4.72. The topological polar surface area (TPSA) is 26.3 Å². The lowest BCUT2D eigenvalue weighted by molar-refractivity contribution is -0.118. The van der Waals surface area contributed by atoms with Gasteiger partial charge >= 0.3 is 0 Å². The van der Waals surface area contributed by atoms with Crippen LogP contribution in [0.5, 0.6) is 0 Å². The Morgan fingerprint density at radius 1 is 1.50 bits per heavy atom. The molecule has 16 heavy (non-hydrogen) atoms. The van der Waals surface area contributed by atoms with Crippen molar-refractivity contribution in [3.63, 3.8) is 0 Å². The largest absolute Gasteiger partial charge is 0.494 e. The van der Waals surface area contributed by atoms with Crippen molar-refractivity contribution in [1.82, 2.24) is 0 Å². The minimum atomic E-state index is 0.243. The van der Waals surface area contributed by atoms with Crippen LogP contribution in [0.15, 0.2) is 24.0 Å². The predicted octanol–water partition coefficient (Wildman–Crippen LogP) is 3.38. The summed E-state index contributed by atoms with van der Waals surface area (Å²) in [6.07, 6.45) is 7.68. The van der Waals surface area contributed by atoms with E-state index in [9.17, 15) is 4.79 Å². The van der Waals surface area contributed by atoms with Crippen molar-refractivity contribution < 1.29 is 9.53 Å². The summed E-state index contributed by atoms with van der Waals surface area (Å²) in [6.45, 7) is 5.92. The zero-order valence-corrected chi connectivity index (χ0v) is 10.00. The number of Topliss-reactive ketones (excluding diaryl/α,β-unsaturated/α-hetero) is 1. The van der Waals surface area contributed by atoms with Crippen LogP contribution in [0, 0.1) is 5.92 Å². The van der Waals surface area contributed by atoms with Gasteiger partial charge in [-0.15, -0.1) is 6.58 Å². The number of ether oxygens (including phenoxy) is 1. The molecule has 88 valence electrons. The summed E-state index contributed by atoms with van der Waals surface area (Å²) in [7, 11) is 0. The molecule has 2 heteroatoms. The van der Waals surface area contributed by atoms with Gasteiger partial charge in [0.1, 0.15) is 11.9 Å². The zero-order chi connectivity index (χ0) is 11.5. The second kappa shape index (κ2) is 4.86. The van der Waals surface area contributed by atoms with Gasteiger partial charge in [0.15, 0.2) is 5.78 Å². The Bertz CT molecular complexity index is 328. The first-order valence-electron chi connectivity index (χ1n) is 6.30. The van der Waals surface area contributed by atoms with Crippen LogP contribution in [0.2, 0.25) is 0 Å². The van der Waals surface area contributed by atoms with Crippen molar-refractivity contribution in [1.29, 1.82) is 0 Å². The molecule has 0 amide bonds. The van der Waals surface area contributed by atoms with Gasteiger partial charge in [-0.2, -0.15) is 0 Å². The monoisotopic (exact) mass is 220 g/mol. The number of allylic oxidation sites excluding steroid dienone is 2. The highest BCUT2D eigenvalue weighted by Gasteiger charge is 2.34. The molecule has 0 aromatic carbocycles. The van der Waals surface area contributed by atoms with Gasteiger partial charge in [-0.1, -0.05) is 13.0 Å². The Balaban J connectivity index is 2.23. The first-order chi connectivity index (χ1) is 7.76. The fraction of sp³-hybridized carbons (Fsp3) is 0.643. The molecule has 2 rings (SSSR count). The van der Waals surface area contributed by atoms with Crippen LogP contribution in [-0.2, 0) is 9.53 Å². The van der Waals surface area contributed by atoms with Crippen LogP contribution in [0.3, 0.4) is 0 Å². The molecule has 0 saturated carbocycles. The first kappa shape index (κ1) is 11.4. The molecule has 0 spiro atoms. The summed E-state index contributed by atoms with van der Waals surface area (Å²) in [5.74, 6) is 1.73. The van der Waals surface area contributed by atoms with Crippen molar-refractivity contribution in [2.45, 2.75) is 51.6 Å². The molecule has 0 bridgehead atoms. The van der Waals surface area contributed by atoms with Gasteiger partial charge in [0, 0.05) is 24.8 Å². The van der Waals surface area contributed by atoms with Gasteiger partial charge in [-0.05, 0) is 25.2 Å². The van der Waals surface area contributed by atoms with E-state index in [1.54, 1.807) is 0 Å². The summed E-state index contributed by atoms with van der Waals surface area (Å²) >= 11 is 0. The van der Waals surface area contributed by atoms with Crippen molar-refractivity contribution in [3.05, 3.63) is 24.0 Å². The molecular formula is C14H20O2. The molecule has 0 fully saturated rings. The third-order valence-electron chi connectivity index (χ3n) is 3.60. The minimum Gasteiger partial charge on any atom is -0.494 e. The SMILES string of the molecule is C=CCC1CC(CC)C2=C(CCCC2=O)O1. The lowest BCUT2D eigenvalue weighted by Crippen LogP contribution is -2.30. The van der Waals surface area contributed by atoms with E-state index >= 15 is 0 Å². The predicted molar refractivity (Wildman–Crippen MR) is 64.0 cm³/mol. The number of carbonyl (C=O) groups is 1. The fourth-order valence-corrected chi connectivity index (χ4v) is 2.80. The van der Waals surface area contributed by atoms with Crippen LogP contribution < -0.4 is 0 Å². The molecule has 0 aromatic heterocycles. The molecule has 0 N–H and O–H groups in total. The van der Waals surface area contributed by atoms with E-state index in [4.69, 9.17) is 4.74 Å². The van der Waals surface area contributed by atoms with E-state index in [1.807, 2.05) is 6.08 Å². The van der Waals surface area contributed by atoms with Gasteiger partial charge in [0.05, 0.1) is 0 Å².